The summed E-state index contributed by atoms with van der Waals surface area (Å²) in [6.45, 7) is -1.12. The van der Waals surface area contributed by atoms with Crippen LogP contribution >= 0.6 is 0 Å². The first-order valence-electron chi connectivity index (χ1n) is 8.10. The van der Waals surface area contributed by atoms with Gasteiger partial charge in [-0.1, -0.05) is 0 Å². The number of carboxylic acid groups (broad SMARTS) is 1. The van der Waals surface area contributed by atoms with Crippen LogP contribution in [0.1, 0.15) is 0 Å². The van der Waals surface area contributed by atoms with Crippen molar-refractivity contribution in [1.82, 2.24) is 4.72 Å². The molecule has 0 aromatic rings. The van der Waals surface area contributed by atoms with Crippen LogP contribution in [0.2, 0.25) is 0 Å². The lowest BCUT2D eigenvalue weighted by Crippen LogP contribution is -2.66. The second-order valence-electron chi connectivity index (χ2n) is 6.29. The van der Waals surface area contributed by atoms with Gasteiger partial charge in [-0.25, -0.2) is 8.98 Å². The van der Waals surface area contributed by atoms with Crippen molar-refractivity contribution in [2.24, 2.45) is 0 Å². The molecule has 8 N–H and O–H groups in total. The van der Waals surface area contributed by atoms with E-state index < -0.39 is 88.2 Å². The van der Waals surface area contributed by atoms with E-state index in [1.807, 2.05) is 0 Å². The third-order valence-corrected chi connectivity index (χ3v) is 5.06. The van der Waals surface area contributed by atoms with Gasteiger partial charge >= 0.3 is 26.7 Å². The van der Waals surface area contributed by atoms with E-state index in [9.17, 15) is 42.1 Å². The highest BCUT2D eigenvalue weighted by Crippen LogP contribution is 2.28. The number of aliphatic carboxylic acids is 1. The van der Waals surface area contributed by atoms with Crippen LogP contribution < -0.4 is 4.72 Å². The average Bonchev–Trinajstić information content (AvgIpc) is 2.61. The Morgan fingerprint density at radius 1 is 1.10 bits per heavy atom. The molecule has 2 unspecified atom stereocenters. The Hall–Kier alpha value is -1.49. The van der Waals surface area contributed by atoms with Gasteiger partial charge in [0.25, 0.3) is 0 Å². The first-order chi connectivity index (χ1) is 14.1. The smallest absolute Gasteiger partial charge is 0.397 e. The maximum atomic E-state index is 11.1. The summed E-state index contributed by atoms with van der Waals surface area (Å²) in [7, 11) is -10.1. The fourth-order valence-corrected chi connectivity index (χ4v) is 3.63. The minimum Gasteiger partial charge on any atom is -0.475 e. The number of hydrogen-bond acceptors (Lipinski definition) is 13. The van der Waals surface area contributed by atoms with E-state index in [0.29, 0.717) is 6.08 Å². The van der Waals surface area contributed by atoms with E-state index in [2.05, 4.69) is 4.18 Å². The Kier molecular flexibility index (Phi) is 7.95. The molecule has 0 aliphatic carbocycles. The first kappa shape index (κ1) is 25.8. The molecule has 1 fully saturated rings. The van der Waals surface area contributed by atoms with Crippen LogP contribution in [-0.2, 0) is 43.9 Å². The lowest BCUT2D eigenvalue weighted by molar-refractivity contribution is -0.305. The summed E-state index contributed by atoms with van der Waals surface area (Å²) < 4.78 is 81.8. The van der Waals surface area contributed by atoms with Gasteiger partial charge in [-0.15, -0.1) is 0 Å². The monoisotopic (exact) mass is 497 g/mol. The second kappa shape index (κ2) is 9.56. The molecule has 1 saturated heterocycles. The summed E-state index contributed by atoms with van der Waals surface area (Å²) in [6, 6.07) is -2.01. The van der Waals surface area contributed by atoms with E-state index in [1.165, 1.54) is 4.72 Å². The van der Waals surface area contributed by atoms with Gasteiger partial charge in [0, 0.05) is 0 Å². The Morgan fingerprint density at radius 3 is 2.23 bits per heavy atom. The Labute approximate surface area is 174 Å². The minimum absolute atomic E-state index is 0.631. The van der Waals surface area contributed by atoms with Crippen LogP contribution in [-0.4, -0.2) is 113 Å². The maximum Gasteiger partial charge on any atom is 0.397 e. The Bertz CT molecular complexity index is 900. The maximum absolute atomic E-state index is 11.1. The highest BCUT2D eigenvalue weighted by molar-refractivity contribution is 7.83. The summed E-state index contributed by atoms with van der Waals surface area (Å²) >= 11 is 0. The molecule has 0 aromatic carbocycles. The topological polar surface area (TPSA) is 276 Å². The number of carboxylic acids is 1. The van der Waals surface area contributed by atoms with Crippen molar-refractivity contribution >= 4 is 26.7 Å². The predicted molar refractivity (Wildman–Crippen MR) is 90.3 cm³/mol. The molecule has 8 atom stereocenters. The number of carbonyl (C=O) groups is 1. The van der Waals surface area contributed by atoms with Gasteiger partial charge in [-0.3, -0.25) is 9.11 Å². The average molecular weight is 497 g/mol. The zero-order valence-electron chi connectivity index (χ0n) is 15.0. The lowest BCUT2D eigenvalue weighted by atomic mass is 9.97. The third kappa shape index (κ3) is 7.00. The van der Waals surface area contributed by atoms with Gasteiger partial charge in [0.05, 0.1) is 6.61 Å². The van der Waals surface area contributed by atoms with Crippen LogP contribution in [0.3, 0.4) is 0 Å². The van der Waals surface area contributed by atoms with Crippen molar-refractivity contribution < 1.29 is 74.7 Å². The van der Waals surface area contributed by atoms with E-state index in [-0.39, 0.29) is 0 Å². The van der Waals surface area contributed by atoms with Gasteiger partial charge in [0.15, 0.2) is 6.29 Å². The van der Waals surface area contributed by atoms with Crippen molar-refractivity contribution in [2.75, 3.05) is 6.61 Å². The van der Waals surface area contributed by atoms with Crippen LogP contribution in [0.25, 0.3) is 0 Å². The van der Waals surface area contributed by atoms with E-state index >= 15 is 0 Å². The third-order valence-electron chi connectivity index (χ3n) is 4.05. The van der Waals surface area contributed by atoms with Crippen molar-refractivity contribution in [3.05, 3.63) is 11.8 Å². The van der Waals surface area contributed by atoms with E-state index in [1.54, 1.807) is 0 Å². The zero-order chi connectivity index (χ0) is 23.7. The predicted octanol–water partition coefficient (Wildman–Crippen LogP) is -4.92. The highest BCUT2D eigenvalue weighted by atomic mass is 32.3. The Morgan fingerprint density at radius 2 is 1.71 bits per heavy atom. The van der Waals surface area contributed by atoms with Gasteiger partial charge < -0.3 is 39.7 Å². The van der Waals surface area contributed by atoms with Crippen LogP contribution in [0.4, 0.5) is 0 Å². The molecule has 0 bridgehead atoms. The molecule has 180 valence electrons. The summed E-state index contributed by atoms with van der Waals surface area (Å²) in [5.74, 6) is -2.54. The van der Waals surface area contributed by atoms with Gasteiger partial charge in [-0.05, 0) is 6.08 Å². The van der Waals surface area contributed by atoms with Gasteiger partial charge in [-0.2, -0.15) is 21.6 Å². The van der Waals surface area contributed by atoms with Gasteiger partial charge in [0.2, 0.25) is 12.0 Å². The quantitative estimate of drug-likeness (QED) is 0.146. The Balaban J connectivity index is 2.31. The minimum atomic E-state index is -5.05. The normalized spacial score (nSPS) is 37.0. The number of aliphatic hydroxyl groups is 4. The lowest BCUT2D eigenvalue weighted by Gasteiger charge is -2.44. The SMILES string of the molecule is O=C(O)C1=C[C@H](O)[C@@H](O)[C@H](OC2[C@@H](COS(=O)(=O)O)OC(O)[C@H](NS(=O)(=O)O)[C@H]2O)O1. The molecule has 2 aliphatic heterocycles. The fraction of sp³-hybridized carbons (Fsp3) is 0.750. The molecule has 2 rings (SSSR count). The second-order valence-corrected chi connectivity index (χ2v) is 8.57. The molecular weight excluding hydrogens is 478 g/mol. The molecule has 0 aromatic heterocycles. The van der Waals surface area contributed by atoms with Crippen LogP contribution in [0, 0.1) is 0 Å². The molecular formula is C12H19NO16S2. The largest absolute Gasteiger partial charge is 0.475 e. The summed E-state index contributed by atoms with van der Waals surface area (Å²) in [5.41, 5.74) is 0. The van der Waals surface area contributed by atoms with Crippen LogP contribution in [0.15, 0.2) is 11.8 Å². The molecule has 2 aliphatic rings. The molecule has 0 spiro atoms. The molecule has 19 heteroatoms. The summed E-state index contributed by atoms with van der Waals surface area (Å²) in [6.07, 6.45) is -13.3. The number of rotatable bonds is 8. The molecule has 2 heterocycles. The number of hydrogen-bond donors (Lipinski definition) is 8. The zero-order valence-corrected chi connectivity index (χ0v) is 16.7. The number of ether oxygens (including phenoxy) is 3. The summed E-state index contributed by atoms with van der Waals surface area (Å²) in [5, 5.41) is 49.0. The molecule has 31 heavy (non-hydrogen) atoms. The summed E-state index contributed by atoms with van der Waals surface area (Å²) in [4.78, 5) is 11.1. The number of nitrogens with one attached hydrogen (secondary N) is 1. The fourth-order valence-electron chi connectivity index (χ4n) is 2.72. The first-order valence-corrected chi connectivity index (χ1v) is 10.9. The van der Waals surface area contributed by atoms with Crippen molar-refractivity contribution in [2.45, 2.75) is 49.1 Å². The number of aliphatic hydroxyl groups excluding tert-OH is 4. The van der Waals surface area contributed by atoms with E-state index in [0.717, 1.165) is 0 Å². The van der Waals surface area contributed by atoms with Crippen molar-refractivity contribution in [3.63, 3.8) is 0 Å². The van der Waals surface area contributed by atoms with Crippen LogP contribution in [0.5, 0.6) is 0 Å². The van der Waals surface area contributed by atoms with Gasteiger partial charge in [0.1, 0.15) is 36.6 Å². The standard InChI is InChI=1S/C12H19NO16S2/c14-3-1-4(10(17)18)28-12(7(3)15)29-9-5(2-26-31(23,24)25)27-11(19)6(8(9)16)13-30(20,21)22/h1,3,5-9,11-16,19H,2H2,(H,17,18)(H,20,21,22)(H,23,24,25)/t3-,5+,6+,7+,8+,9?,11?,12-/m0/s1. The highest BCUT2D eigenvalue weighted by Gasteiger charge is 2.50. The molecule has 17 nitrogen and oxygen atoms in total. The van der Waals surface area contributed by atoms with Crippen molar-refractivity contribution in [1.29, 1.82) is 0 Å². The molecule has 0 amide bonds. The molecule has 0 radical (unpaired) electrons. The van der Waals surface area contributed by atoms with E-state index in [4.69, 9.17) is 28.4 Å². The van der Waals surface area contributed by atoms with Crippen molar-refractivity contribution in [3.8, 4) is 0 Å². The molecule has 0 saturated carbocycles.